The first-order chi connectivity index (χ1) is 13.9. The molecule has 6 nitrogen and oxygen atoms in total. The third kappa shape index (κ3) is 3.75. The smallest absolute Gasteiger partial charge is 0.339 e. The Balaban J connectivity index is 1.61. The molecule has 8 heteroatoms. The maximum absolute atomic E-state index is 13.9. The van der Waals surface area contributed by atoms with Crippen LogP contribution in [-0.2, 0) is 23.0 Å². The number of cyclic esters (lactones) is 1. The van der Waals surface area contributed by atoms with Gasteiger partial charge in [-0.3, -0.25) is 4.79 Å². The third-order valence-electron chi connectivity index (χ3n) is 4.73. The lowest BCUT2D eigenvalue weighted by atomic mass is 9.89. The molecule has 0 fully saturated rings. The number of imidazole rings is 1. The Bertz CT molecular complexity index is 1110. The molecule has 1 atom stereocenters. The van der Waals surface area contributed by atoms with Crippen molar-refractivity contribution in [3.8, 4) is 0 Å². The fraction of sp³-hybridized carbons (Fsp3) is 0.190. The molecule has 0 saturated carbocycles. The molecular weight excluding hydrogens is 393 g/mol. The molecule has 0 bridgehead atoms. The normalized spacial score (nSPS) is 18.1. The maximum atomic E-state index is 13.9. The summed E-state index contributed by atoms with van der Waals surface area (Å²) in [6.45, 7) is 1.56. The van der Waals surface area contributed by atoms with E-state index < -0.39 is 23.3 Å². The minimum absolute atomic E-state index is 0.234. The molecule has 1 aliphatic rings. The Morgan fingerprint density at radius 3 is 2.86 bits per heavy atom. The number of ether oxygens (including phenoxy) is 1. The predicted octanol–water partition coefficient (Wildman–Crippen LogP) is 3.82. The number of anilines is 1. The van der Waals surface area contributed by atoms with Crippen LogP contribution >= 0.6 is 11.8 Å². The zero-order valence-electron chi connectivity index (χ0n) is 15.8. The average molecular weight is 411 g/mol. The standard InChI is InChI=1S/C21H18FN3O3S/c1-21(12-13-5-3-4-6-15(13)18(26)28-21)19(27)24-16-11-14(22)7-8-17(16)29-20-23-9-10-25(20)2/h3-11H,12H2,1-2H3,(H,24,27). The number of benzene rings is 2. The molecule has 1 amide bonds. The predicted molar refractivity (Wildman–Crippen MR) is 106 cm³/mol. The van der Waals surface area contributed by atoms with Crippen LogP contribution in [0, 0.1) is 5.82 Å². The lowest BCUT2D eigenvalue weighted by Crippen LogP contribution is -2.49. The molecular formula is C21H18FN3O3S. The van der Waals surface area contributed by atoms with Crippen molar-refractivity contribution < 1.29 is 18.7 Å². The number of hydrogen-bond acceptors (Lipinski definition) is 5. The molecule has 0 spiro atoms. The van der Waals surface area contributed by atoms with E-state index in [1.54, 1.807) is 43.6 Å². The summed E-state index contributed by atoms with van der Waals surface area (Å²) in [5.74, 6) is -1.56. The van der Waals surface area contributed by atoms with Crippen molar-refractivity contribution in [2.24, 2.45) is 7.05 Å². The van der Waals surface area contributed by atoms with Gasteiger partial charge in [0.05, 0.1) is 11.3 Å². The summed E-state index contributed by atoms with van der Waals surface area (Å²) >= 11 is 1.30. The van der Waals surface area contributed by atoms with E-state index in [1.807, 2.05) is 17.7 Å². The number of fused-ring (bicyclic) bond motifs is 1. The Morgan fingerprint density at radius 1 is 1.31 bits per heavy atom. The van der Waals surface area contributed by atoms with Gasteiger partial charge in [-0.05, 0) is 48.5 Å². The Labute approximate surface area is 171 Å². The molecule has 148 valence electrons. The highest BCUT2D eigenvalue weighted by molar-refractivity contribution is 7.99. The summed E-state index contributed by atoms with van der Waals surface area (Å²) < 4.78 is 21.2. The molecule has 1 aliphatic heterocycles. The number of rotatable bonds is 4. The minimum Gasteiger partial charge on any atom is -0.445 e. The number of esters is 1. The highest BCUT2D eigenvalue weighted by atomic mass is 32.2. The Hall–Kier alpha value is -3.13. The van der Waals surface area contributed by atoms with Crippen LogP contribution in [0.25, 0.3) is 0 Å². The summed E-state index contributed by atoms with van der Waals surface area (Å²) in [5.41, 5.74) is 0.0834. The van der Waals surface area contributed by atoms with E-state index in [0.29, 0.717) is 21.3 Å². The fourth-order valence-corrected chi connectivity index (χ4v) is 4.02. The SMILES string of the molecule is Cn1ccnc1Sc1ccc(F)cc1NC(=O)C1(C)Cc2ccccc2C(=O)O1. The molecule has 1 N–H and O–H groups in total. The second-order valence-electron chi connectivity index (χ2n) is 6.97. The lowest BCUT2D eigenvalue weighted by molar-refractivity contribution is -0.134. The third-order valence-corrected chi connectivity index (χ3v) is 5.88. The van der Waals surface area contributed by atoms with E-state index in [4.69, 9.17) is 4.74 Å². The Kier molecular flexibility index (Phi) is 4.87. The molecule has 1 unspecified atom stereocenters. The van der Waals surface area contributed by atoms with Crippen molar-refractivity contribution >= 4 is 29.3 Å². The van der Waals surface area contributed by atoms with Crippen molar-refractivity contribution in [3.05, 3.63) is 71.8 Å². The number of aromatic nitrogens is 2. The van der Waals surface area contributed by atoms with Crippen molar-refractivity contribution in [1.29, 1.82) is 0 Å². The number of nitrogens with zero attached hydrogens (tertiary/aromatic N) is 2. The highest BCUT2D eigenvalue weighted by Crippen LogP contribution is 2.35. The topological polar surface area (TPSA) is 73.2 Å². The van der Waals surface area contributed by atoms with Gasteiger partial charge in [-0.15, -0.1) is 0 Å². The number of nitrogens with one attached hydrogen (secondary N) is 1. The number of carbonyl (C=O) groups is 2. The van der Waals surface area contributed by atoms with Gasteiger partial charge >= 0.3 is 5.97 Å². The number of hydrogen-bond donors (Lipinski definition) is 1. The number of halogens is 1. The lowest BCUT2D eigenvalue weighted by Gasteiger charge is -2.33. The van der Waals surface area contributed by atoms with Crippen LogP contribution in [0.3, 0.4) is 0 Å². The molecule has 4 rings (SSSR count). The van der Waals surface area contributed by atoms with Crippen molar-refractivity contribution in [2.45, 2.75) is 29.0 Å². The van der Waals surface area contributed by atoms with Gasteiger partial charge in [-0.2, -0.15) is 0 Å². The molecule has 2 aromatic carbocycles. The van der Waals surface area contributed by atoms with E-state index >= 15 is 0 Å². The van der Waals surface area contributed by atoms with Gasteiger partial charge in [-0.25, -0.2) is 14.2 Å². The van der Waals surface area contributed by atoms with E-state index in [1.165, 1.54) is 23.9 Å². The Morgan fingerprint density at radius 2 is 2.10 bits per heavy atom. The highest BCUT2D eigenvalue weighted by Gasteiger charge is 2.42. The quantitative estimate of drug-likeness (QED) is 0.661. The molecule has 29 heavy (non-hydrogen) atoms. The zero-order chi connectivity index (χ0) is 20.6. The second-order valence-corrected chi connectivity index (χ2v) is 7.98. The first-order valence-corrected chi connectivity index (χ1v) is 9.75. The molecule has 3 aromatic rings. The number of carbonyl (C=O) groups excluding carboxylic acids is 2. The summed E-state index contributed by atoms with van der Waals surface area (Å²) in [6.07, 6.45) is 3.69. The molecule has 1 aromatic heterocycles. The summed E-state index contributed by atoms with van der Waals surface area (Å²) in [6, 6.07) is 11.2. The van der Waals surface area contributed by atoms with Gasteiger partial charge in [0.25, 0.3) is 5.91 Å². The van der Waals surface area contributed by atoms with Crippen LogP contribution < -0.4 is 5.32 Å². The number of amides is 1. The second kappa shape index (κ2) is 7.36. The average Bonchev–Trinajstić information content (AvgIpc) is 3.08. The van der Waals surface area contributed by atoms with E-state index in [2.05, 4.69) is 10.3 Å². The van der Waals surface area contributed by atoms with E-state index in [0.717, 1.165) is 5.56 Å². The van der Waals surface area contributed by atoms with Crippen LogP contribution in [0.15, 0.2) is 64.9 Å². The van der Waals surface area contributed by atoms with E-state index in [-0.39, 0.29) is 6.42 Å². The zero-order valence-corrected chi connectivity index (χ0v) is 16.6. The molecule has 0 saturated heterocycles. The largest absolute Gasteiger partial charge is 0.445 e. The van der Waals surface area contributed by atoms with E-state index in [9.17, 15) is 14.0 Å². The number of aryl methyl sites for hydroxylation is 1. The molecule has 0 radical (unpaired) electrons. The molecule has 0 aliphatic carbocycles. The van der Waals surface area contributed by atoms with Gasteiger partial charge in [0.2, 0.25) is 0 Å². The van der Waals surface area contributed by atoms with Crippen LogP contribution in [0.1, 0.15) is 22.8 Å². The maximum Gasteiger partial charge on any atom is 0.339 e. The van der Waals surface area contributed by atoms with Gasteiger partial charge in [0.15, 0.2) is 10.8 Å². The molecule has 2 heterocycles. The summed E-state index contributed by atoms with van der Waals surface area (Å²) in [4.78, 5) is 30.3. The van der Waals surface area contributed by atoms with Crippen molar-refractivity contribution in [1.82, 2.24) is 9.55 Å². The van der Waals surface area contributed by atoms with Gasteiger partial charge < -0.3 is 14.6 Å². The van der Waals surface area contributed by atoms with Crippen LogP contribution in [0.4, 0.5) is 10.1 Å². The van der Waals surface area contributed by atoms with Crippen molar-refractivity contribution in [3.63, 3.8) is 0 Å². The van der Waals surface area contributed by atoms with Crippen LogP contribution in [0.5, 0.6) is 0 Å². The first-order valence-electron chi connectivity index (χ1n) is 8.93. The van der Waals surface area contributed by atoms with Gasteiger partial charge in [0, 0.05) is 30.8 Å². The monoisotopic (exact) mass is 411 g/mol. The van der Waals surface area contributed by atoms with Crippen LogP contribution in [0.2, 0.25) is 0 Å². The summed E-state index contributed by atoms with van der Waals surface area (Å²) in [5, 5.41) is 3.42. The summed E-state index contributed by atoms with van der Waals surface area (Å²) in [7, 11) is 1.84. The minimum atomic E-state index is -1.40. The van der Waals surface area contributed by atoms with Crippen molar-refractivity contribution in [2.75, 3.05) is 5.32 Å². The fourth-order valence-electron chi connectivity index (χ4n) is 3.15. The van der Waals surface area contributed by atoms with Gasteiger partial charge in [0.1, 0.15) is 5.82 Å². The first kappa shape index (κ1) is 19.2. The van der Waals surface area contributed by atoms with Crippen LogP contribution in [-0.4, -0.2) is 27.0 Å². The van der Waals surface area contributed by atoms with Gasteiger partial charge in [-0.1, -0.05) is 18.2 Å².